The van der Waals surface area contributed by atoms with Crippen LogP contribution in [0.2, 0.25) is 6.04 Å². The fraction of sp³-hybridized carbons (Fsp3) is 1.00. The first-order chi connectivity index (χ1) is 9.24. The molecule has 0 saturated heterocycles. The second kappa shape index (κ2) is 13.0. The number of rotatable bonds is 14. The zero-order valence-electron chi connectivity index (χ0n) is 13.0. The van der Waals surface area contributed by atoms with Crippen LogP contribution in [0.15, 0.2) is 0 Å². The summed E-state index contributed by atoms with van der Waals surface area (Å²) in [6, 6.07) is 0.875. The molecule has 0 unspecified atom stereocenters. The molecule has 19 heavy (non-hydrogen) atoms. The average Bonchev–Trinajstić information content (AvgIpc) is 2.39. The zero-order valence-corrected chi connectivity index (χ0v) is 14.0. The molecule has 0 amide bonds. The molecule has 0 saturated carbocycles. The van der Waals surface area contributed by atoms with Gasteiger partial charge in [0.25, 0.3) is 0 Å². The average molecular weight is 293 g/mol. The quantitative estimate of drug-likeness (QED) is 0.392. The van der Waals surface area contributed by atoms with Crippen molar-refractivity contribution < 1.29 is 18.0 Å². The number of ether oxygens (including phenoxy) is 1. The van der Waals surface area contributed by atoms with Gasteiger partial charge in [0.15, 0.2) is 0 Å². The maximum Gasteiger partial charge on any atom is 0.500 e. The maximum atomic E-state index is 5.80. The summed E-state index contributed by atoms with van der Waals surface area (Å²) in [7, 11) is -0.707. The van der Waals surface area contributed by atoms with E-state index < -0.39 is 8.80 Å². The molecule has 0 aliphatic rings. The molecule has 0 aromatic rings. The summed E-state index contributed by atoms with van der Waals surface area (Å²) in [4.78, 5) is 0. The molecule has 0 radical (unpaired) electrons. The lowest BCUT2D eigenvalue weighted by Crippen LogP contribution is -2.46. The summed E-state index contributed by atoms with van der Waals surface area (Å²) in [5, 5.41) is 3.39. The van der Waals surface area contributed by atoms with Crippen LogP contribution < -0.4 is 5.32 Å². The Morgan fingerprint density at radius 1 is 0.842 bits per heavy atom. The van der Waals surface area contributed by atoms with Crippen LogP contribution in [0.4, 0.5) is 0 Å². The van der Waals surface area contributed by atoms with Gasteiger partial charge in [-0.2, -0.15) is 0 Å². The second-order valence-electron chi connectivity index (χ2n) is 4.18. The Morgan fingerprint density at radius 3 is 1.84 bits per heavy atom. The highest BCUT2D eigenvalue weighted by Crippen LogP contribution is 2.17. The van der Waals surface area contributed by atoms with Crippen molar-refractivity contribution in [1.29, 1.82) is 0 Å². The fourth-order valence-electron chi connectivity index (χ4n) is 1.90. The molecule has 116 valence electrons. The summed E-state index contributed by atoms with van der Waals surface area (Å²) < 4.78 is 22.4. The summed E-state index contributed by atoms with van der Waals surface area (Å²) in [5.41, 5.74) is 0. The van der Waals surface area contributed by atoms with Crippen LogP contribution in [0.1, 0.15) is 33.6 Å². The molecule has 0 heterocycles. The summed E-state index contributed by atoms with van der Waals surface area (Å²) in [5.74, 6) is 0. The molecule has 0 atom stereocenters. The molecule has 0 rings (SSSR count). The minimum absolute atomic E-state index is 0.646. The minimum Gasteiger partial charge on any atom is -0.385 e. The Labute approximate surface area is 119 Å². The predicted octanol–water partition coefficient (Wildman–Crippen LogP) is 2.05. The Bertz CT molecular complexity index is 178. The molecule has 6 heteroatoms. The van der Waals surface area contributed by atoms with Crippen LogP contribution in [-0.4, -0.2) is 55.4 Å². The summed E-state index contributed by atoms with van der Waals surface area (Å²) in [6.07, 6.45) is 2.06. The Hall–Kier alpha value is 0.0169. The van der Waals surface area contributed by atoms with E-state index in [0.29, 0.717) is 19.8 Å². The molecular formula is C13H31NO4Si. The first kappa shape index (κ1) is 19.0. The molecule has 0 aliphatic heterocycles. The summed E-state index contributed by atoms with van der Waals surface area (Å²) in [6.45, 7) is 10.7. The maximum absolute atomic E-state index is 5.80. The Balaban J connectivity index is 3.89. The van der Waals surface area contributed by atoms with Gasteiger partial charge in [-0.25, -0.2) is 0 Å². The molecule has 0 fully saturated rings. The van der Waals surface area contributed by atoms with Crippen molar-refractivity contribution in [3.63, 3.8) is 0 Å². The third-order valence-electron chi connectivity index (χ3n) is 2.63. The van der Waals surface area contributed by atoms with E-state index in [0.717, 1.165) is 38.6 Å². The van der Waals surface area contributed by atoms with E-state index in [2.05, 4.69) is 5.32 Å². The molecular weight excluding hydrogens is 262 g/mol. The number of methoxy groups -OCH3 is 1. The number of hydrogen-bond donors (Lipinski definition) is 1. The van der Waals surface area contributed by atoms with Crippen LogP contribution in [0.5, 0.6) is 0 Å². The third-order valence-corrected chi connectivity index (χ3v) is 5.78. The van der Waals surface area contributed by atoms with Crippen molar-refractivity contribution in [3.8, 4) is 0 Å². The molecule has 0 spiro atoms. The molecule has 0 aliphatic carbocycles. The second-order valence-corrected chi connectivity index (χ2v) is 6.91. The van der Waals surface area contributed by atoms with Crippen molar-refractivity contribution in [2.75, 3.05) is 46.6 Å². The van der Waals surface area contributed by atoms with Crippen LogP contribution in [0.25, 0.3) is 0 Å². The van der Waals surface area contributed by atoms with Crippen molar-refractivity contribution in [3.05, 3.63) is 0 Å². The zero-order chi connectivity index (χ0) is 14.4. The Morgan fingerprint density at radius 2 is 1.37 bits per heavy atom. The number of hydrogen-bond acceptors (Lipinski definition) is 5. The van der Waals surface area contributed by atoms with E-state index in [9.17, 15) is 0 Å². The third kappa shape index (κ3) is 9.54. The smallest absolute Gasteiger partial charge is 0.385 e. The van der Waals surface area contributed by atoms with E-state index in [1.54, 1.807) is 7.11 Å². The molecule has 5 nitrogen and oxygen atoms in total. The summed E-state index contributed by atoms with van der Waals surface area (Å²) >= 11 is 0. The van der Waals surface area contributed by atoms with Gasteiger partial charge in [0.2, 0.25) is 0 Å². The highest BCUT2D eigenvalue weighted by molar-refractivity contribution is 6.60. The topological polar surface area (TPSA) is 49.0 Å². The largest absolute Gasteiger partial charge is 0.500 e. The van der Waals surface area contributed by atoms with Gasteiger partial charge >= 0.3 is 8.80 Å². The van der Waals surface area contributed by atoms with Gasteiger partial charge < -0.3 is 23.3 Å². The Kier molecular flexibility index (Phi) is 13.0. The first-order valence-corrected chi connectivity index (χ1v) is 9.29. The molecule has 0 aromatic carbocycles. The SMILES string of the molecule is CCO[Si](CCCNCCCOC)(OCC)OCC. The van der Waals surface area contributed by atoms with Crippen LogP contribution >= 0.6 is 0 Å². The van der Waals surface area contributed by atoms with E-state index >= 15 is 0 Å². The monoisotopic (exact) mass is 293 g/mol. The van der Waals surface area contributed by atoms with Crippen molar-refractivity contribution in [2.45, 2.75) is 39.7 Å². The minimum atomic E-state index is -2.44. The van der Waals surface area contributed by atoms with Crippen molar-refractivity contribution in [1.82, 2.24) is 5.32 Å². The van der Waals surface area contributed by atoms with Crippen LogP contribution in [0, 0.1) is 0 Å². The van der Waals surface area contributed by atoms with E-state index in [1.165, 1.54) is 0 Å². The lowest BCUT2D eigenvalue weighted by atomic mass is 10.4. The van der Waals surface area contributed by atoms with Gasteiger partial charge in [0.1, 0.15) is 0 Å². The van der Waals surface area contributed by atoms with Crippen LogP contribution in [-0.2, 0) is 18.0 Å². The van der Waals surface area contributed by atoms with E-state index in [-0.39, 0.29) is 0 Å². The van der Waals surface area contributed by atoms with E-state index in [4.69, 9.17) is 18.0 Å². The molecule has 1 N–H and O–H groups in total. The van der Waals surface area contributed by atoms with Crippen LogP contribution in [0.3, 0.4) is 0 Å². The lowest BCUT2D eigenvalue weighted by molar-refractivity contribution is 0.0708. The van der Waals surface area contributed by atoms with Crippen molar-refractivity contribution in [2.24, 2.45) is 0 Å². The van der Waals surface area contributed by atoms with Gasteiger partial charge in [-0.1, -0.05) is 0 Å². The first-order valence-electron chi connectivity index (χ1n) is 7.36. The highest BCUT2D eigenvalue weighted by atomic mass is 28.4. The van der Waals surface area contributed by atoms with Gasteiger partial charge in [-0.3, -0.25) is 0 Å². The molecule has 0 bridgehead atoms. The van der Waals surface area contributed by atoms with Gasteiger partial charge in [-0.15, -0.1) is 0 Å². The van der Waals surface area contributed by atoms with Gasteiger partial charge in [0.05, 0.1) is 0 Å². The van der Waals surface area contributed by atoms with Crippen molar-refractivity contribution >= 4 is 8.80 Å². The van der Waals surface area contributed by atoms with Gasteiger partial charge in [-0.05, 0) is 46.7 Å². The van der Waals surface area contributed by atoms with E-state index in [1.807, 2.05) is 20.8 Å². The van der Waals surface area contributed by atoms with Gasteiger partial charge in [0, 0.05) is 39.6 Å². The standard InChI is InChI=1S/C13H31NO4Si/c1-5-16-19(17-6-2,18-7-3)13-9-11-14-10-8-12-15-4/h14H,5-13H2,1-4H3. The lowest BCUT2D eigenvalue weighted by Gasteiger charge is -2.28. The highest BCUT2D eigenvalue weighted by Gasteiger charge is 2.39. The predicted molar refractivity (Wildman–Crippen MR) is 79.4 cm³/mol. The fourth-order valence-corrected chi connectivity index (χ4v) is 4.51. The molecule has 0 aromatic heterocycles. The number of nitrogens with one attached hydrogen (secondary N) is 1. The normalized spacial score (nSPS) is 12.0.